The number of nitrogens with one attached hydrogen (secondary N) is 1. The van der Waals surface area contributed by atoms with Crippen molar-refractivity contribution in [2.24, 2.45) is 5.92 Å². The van der Waals surface area contributed by atoms with Gasteiger partial charge in [0.1, 0.15) is 0 Å². The molecule has 0 saturated heterocycles. The minimum Gasteiger partial charge on any atom is -0.396 e. The van der Waals surface area contributed by atoms with Crippen LogP contribution in [0.25, 0.3) is 10.8 Å². The third-order valence-corrected chi connectivity index (χ3v) is 4.71. The Hall–Kier alpha value is -2.72. The molecule has 3 aromatic rings. The fourth-order valence-corrected chi connectivity index (χ4v) is 3.04. The number of aliphatic hydroxyl groups excluding tert-OH is 1. The highest BCUT2D eigenvalue weighted by molar-refractivity contribution is 5.87. The Balaban J connectivity index is 1.60. The molecule has 0 saturated carbocycles. The quantitative estimate of drug-likeness (QED) is 0.689. The molecular weight excluding hydrogens is 324 g/mol. The maximum atomic E-state index is 12.5. The molecule has 0 aliphatic carbocycles. The molecule has 1 amide bonds. The summed E-state index contributed by atoms with van der Waals surface area (Å²) in [6, 6.07) is 20.0. The van der Waals surface area contributed by atoms with Gasteiger partial charge in [-0.15, -0.1) is 0 Å². The van der Waals surface area contributed by atoms with Crippen LogP contribution in [0.2, 0.25) is 0 Å². The molecule has 1 heterocycles. The van der Waals surface area contributed by atoms with E-state index in [2.05, 4.69) is 28.5 Å². The molecule has 3 rings (SSSR count). The van der Waals surface area contributed by atoms with Gasteiger partial charge in [-0.2, -0.15) is 0 Å². The number of nitrogens with zero attached hydrogens (tertiary/aromatic N) is 1. The molecule has 0 fully saturated rings. The average Bonchev–Trinajstić information content (AvgIpc) is 2.70. The van der Waals surface area contributed by atoms with Gasteiger partial charge in [-0.3, -0.25) is 9.78 Å². The summed E-state index contributed by atoms with van der Waals surface area (Å²) in [5.41, 5.74) is 1.91. The second-order valence-electron chi connectivity index (χ2n) is 6.65. The molecule has 2 N–H and O–H groups in total. The fraction of sp³-hybridized carbons (Fsp3) is 0.273. The Labute approximate surface area is 153 Å². The van der Waals surface area contributed by atoms with Gasteiger partial charge in [0.15, 0.2) is 0 Å². The number of pyridine rings is 1. The maximum Gasteiger partial charge on any atom is 0.227 e. The zero-order valence-corrected chi connectivity index (χ0v) is 14.9. The number of aromatic nitrogens is 1. The monoisotopic (exact) mass is 348 g/mol. The van der Waals surface area contributed by atoms with Crippen LogP contribution in [0.4, 0.5) is 0 Å². The lowest BCUT2D eigenvalue weighted by Gasteiger charge is -2.18. The predicted molar refractivity (Wildman–Crippen MR) is 104 cm³/mol. The second kappa shape index (κ2) is 8.59. The number of hydrogen-bond donors (Lipinski definition) is 2. The van der Waals surface area contributed by atoms with Crippen LogP contribution in [0.15, 0.2) is 66.9 Å². The number of rotatable bonds is 7. The van der Waals surface area contributed by atoms with E-state index in [-0.39, 0.29) is 24.3 Å². The Morgan fingerprint density at radius 3 is 2.58 bits per heavy atom. The van der Waals surface area contributed by atoms with Gasteiger partial charge in [-0.05, 0) is 41.8 Å². The molecule has 0 bridgehead atoms. The molecule has 2 atom stereocenters. The van der Waals surface area contributed by atoms with E-state index in [1.165, 1.54) is 5.39 Å². The summed E-state index contributed by atoms with van der Waals surface area (Å²) in [7, 11) is 0. The molecule has 2 aromatic carbocycles. The molecule has 134 valence electrons. The first kappa shape index (κ1) is 18.1. The normalized spacial score (nSPS) is 13.3. The van der Waals surface area contributed by atoms with E-state index in [1.54, 1.807) is 6.20 Å². The number of benzene rings is 2. The Kier molecular flexibility index (Phi) is 5.97. The summed E-state index contributed by atoms with van der Waals surface area (Å²) < 4.78 is 0. The molecule has 0 spiro atoms. The van der Waals surface area contributed by atoms with Crippen LogP contribution in [0.1, 0.15) is 24.1 Å². The highest BCUT2D eigenvalue weighted by Crippen LogP contribution is 2.22. The van der Waals surface area contributed by atoms with E-state index in [0.29, 0.717) is 13.0 Å². The Morgan fingerprint density at radius 2 is 1.85 bits per heavy atom. The third-order valence-electron chi connectivity index (χ3n) is 4.71. The summed E-state index contributed by atoms with van der Waals surface area (Å²) in [5, 5.41) is 14.9. The molecule has 26 heavy (non-hydrogen) atoms. The molecule has 2 unspecified atom stereocenters. The van der Waals surface area contributed by atoms with Crippen LogP contribution in [0.5, 0.6) is 0 Å². The van der Waals surface area contributed by atoms with E-state index in [1.807, 2.05) is 49.4 Å². The zero-order valence-electron chi connectivity index (χ0n) is 14.9. The van der Waals surface area contributed by atoms with Crippen LogP contribution >= 0.6 is 0 Å². The lowest BCUT2D eigenvalue weighted by atomic mass is 9.96. The van der Waals surface area contributed by atoms with Crippen LogP contribution in [0, 0.1) is 5.92 Å². The summed E-state index contributed by atoms with van der Waals surface area (Å²) >= 11 is 0. The van der Waals surface area contributed by atoms with Gasteiger partial charge >= 0.3 is 0 Å². The average molecular weight is 348 g/mol. The lowest BCUT2D eigenvalue weighted by molar-refractivity contribution is -0.122. The van der Waals surface area contributed by atoms with Gasteiger partial charge < -0.3 is 10.4 Å². The highest BCUT2D eigenvalue weighted by atomic mass is 16.3. The number of carbonyl (C=O) groups excluding carboxylic acids is 1. The van der Waals surface area contributed by atoms with Crippen molar-refractivity contribution in [1.82, 2.24) is 10.3 Å². The molecule has 0 aliphatic heterocycles. The van der Waals surface area contributed by atoms with E-state index in [0.717, 1.165) is 16.6 Å². The number of amides is 1. The first-order chi connectivity index (χ1) is 12.7. The van der Waals surface area contributed by atoms with Crippen molar-refractivity contribution in [1.29, 1.82) is 0 Å². The van der Waals surface area contributed by atoms with E-state index >= 15 is 0 Å². The van der Waals surface area contributed by atoms with Crippen LogP contribution in [-0.4, -0.2) is 29.1 Å². The Morgan fingerprint density at radius 1 is 1.08 bits per heavy atom. The van der Waals surface area contributed by atoms with E-state index in [9.17, 15) is 9.90 Å². The second-order valence-corrected chi connectivity index (χ2v) is 6.65. The van der Waals surface area contributed by atoms with Crippen molar-refractivity contribution in [3.63, 3.8) is 0 Å². The minimum absolute atomic E-state index is 0.0151. The van der Waals surface area contributed by atoms with Crippen molar-refractivity contribution in [2.75, 3.05) is 13.2 Å². The van der Waals surface area contributed by atoms with Crippen molar-refractivity contribution in [3.05, 3.63) is 78.1 Å². The maximum absolute atomic E-state index is 12.5. The van der Waals surface area contributed by atoms with Gasteiger partial charge in [0.05, 0.1) is 5.92 Å². The summed E-state index contributed by atoms with van der Waals surface area (Å²) in [6.45, 7) is 2.36. The Bertz CT molecular complexity index is 864. The number of aliphatic hydroxyl groups is 1. The molecule has 0 radical (unpaired) electrons. The molecule has 4 nitrogen and oxygen atoms in total. The number of carbonyl (C=O) groups is 1. The molecule has 0 aliphatic rings. The topological polar surface area (TPSA) is 62.2 Å². The van der Waals surface area contributed by atoms with Gasteiger partial charge in [-0.25, -0.2) is 0 Å². The van der Waals surface area contributed by atoms with Crippen molar-refractivity contribution in [3.8, 4) is 0 Å². The smallest absolute Gasteiger partial charge is 0.227 e. The van der Waals surface area contributed by atoms with E-state index < -0.39 is 0 Å². The number of hydrogen-bond acceptors (Lipinski definition) is 3. The van der Waals surface area contributed by atoms with Gasteiger partial charge in [0, 0.05) is 31.0 Å². The van der Waals surface area contributed by atoms with Gasteiger partial charge in [-0.1, -0.05) is 48.5 Å². The standard InChI is InChI=1S/C22H24N2O2/c1-16(19-10-9-18-6-2-3-7-20(18)13-19)22(26)24-14-17(15-25)12-21-8-4-5-11-23-21/h2-11,13,16-17,25H,12,14-15H2,1H3,(H,24,26). The molecular formula is C22H24N2O2. The van der Waals surface area contributed by atoms with Crippen LogP contribution in [0.3, 0.4) is 0 Å². The summed E-state index contributed by atoms with van der Waals surface area (Å²) in [4.78, 5) is 16.8. The van der Waals surface area contributed by atoms with Crippen molar-refractivity contribution in [2.45, 2.75) is 19.3 Å². The first-order valence-electron chi connectivity index (χ1n) is 8.94. The molecule has 1 aromatic heterocycles. The van der Waals surface area contributed by atoms with E-state index in [4.69, 9.17) is 0 Å². The summed E-state index contributed by atoms with van der Waals surface area (Å²) in [6.07, 6.45) is 2.38. The van der Waals surface area contributed by atoms with Crippen molar-refractivity contribution < 1.29 is 9.90 Å². The lowest BCUT2D eigenvalue weighted by Crippen LogP contribution is -2.34. The van der Waals surface area contributed by atoms with Crippen molar-refractivity contribution >= 4 is 16.7 Å². The number of fused-ring (bicyclic) bond motifs is 1. The van der Waals surface area contributed by atoms with Crippen LogP contribution in [-0.2, 0) is 11.2 Å². The summed E-state index contributed by atoms with van der Waals surface area (Å²) in [5.74, 6) is -0.314. The fourth-order valence-electron chi connectivity index (χ4n) is 3.04. The minimum atomic E-state index is -0.242. The van der Waals surface area contributed by atoms with Gasteiger partial charge in [0.25, 0.3) is 0 Å². The third kappa shape index (κ3) is 4.46. The van der Waals surface area contributed by atoms with Crippen LogP contribution < -0.4 is 5.32 Å². The van der Waals surface area contributed by atoms with Gasteiger partial charge in [0.2, 0.25) is 5.91 Å². The highest BCUT2D eigenvalue weighted by Gasteiger charge is 2.17. The molecule has 4 heteroatoms. The first-order valence-corrected chi connectivity index (χ1v) is 8.94. The predicted octanol–water partition coefficient (Wildman–Crippen LogP) is 3.31. The zero-order chi connectivity index (χ0) is 18.4. The largest absolute Gasteiger partial charge is 0.396 e. The SMILES string of the molecule is CC(C(=O)NCC(CO)Cc1ccccn1)c1ccc2ccccc2c1.